The fraction of sp³-hybridized carbons (Fsp3) is 0.154. The Kier molecular flexibility index (Phi) is 3.33. The van der Waals surface area contributed by atoms with Gasteiger partial charge in [-0.3, -0.25) is 0 Å². The molecule has 0 saturated heterocycles. The van der Waals surface area contributed by atoms with Crippen molar-refractivity contribution in [1.29, 1.82) is 0 Å². The van der Waals surface area contributed by atoms with Crippen molar-refractivity contribution in [3.05, 3.63) is 46.1 Å². The highest BCUT2D eigenvalue weighted by Gasteiger charge is 2.07. The molecule has 0 amide bonds. The molecular formula is C13H13BrN2O. The van der Waals surface area contributed by atoms with E-state index in [1.807, 2.05) is 38.1 Å². The summed E-state index contributed by atoms with van der Waals surface area (Å²) in [5.41, 5.74) is 8.55. The third-order valence-corrected chi connectivity index (χ3v) is 2.92. The van der Waals surface area contributed by atoms with Crippen LogP contribution in [0.25, 0.3) is 0 Å². The Balaban J connectivity index is 2.35. The largest absolute Gasteiger partial charge is 0.437 e. The number of nitrogen functional groups attached to an aromatic ring is 1. The molecule has 2 aromatic rings. The van der Waals surface area contributed by atoms with E-state index >= 15 is 0 Å². The molecule has 0 fully saturated rings. The molecule has 0 saturated carbocycles. The van der Waals surface area contributed by atoms with E-state index in [4.69, 9.17) is 10.5 Å². The minimum absolute atomic E-state index is 0.575. The summed E-state index contributed by atoms with van der Waals surface area (Å²) in [6, 6.07) is 7.65. The first kappa shape index (κ1) is 11.9. The number of nitrogens with two attached hydrogens (primary N) is 1. The molecule has 1 aromatic carbocycles. The van der Waals surface area contributed by atoms with Crippen molar-refractivity contribution in [3.8, 4) is 11.6 Å². The van der Waals surface area contributed by atoms with E-state index < -0.39 is 0 Å². The second-order valence-corrected chi connectivity index (χ2v) is 4.78. The predicted octanol–water partition coefficient (Wildman–Crippen LogP) is 3.84. The van der Waals surface area contributed by atoms with Crippen LogP contribution in [-0.4, -0.2) is 4.98 Å². The Morgan fingerprint density at radius 2 is 2.00 bits per heavy atom. The molecule has 0 aliphatic rings. The van der Waals surface area contributed by atoms with Crippen molar-refractivity contribution < 1.29 is 4.74 Å². The van der Waals surface area contributed by atoms with Gasteiger partial charge in [-0.2, -0.15) is 0 Å². The third kappa shape index (κ3) is 2.58. The number of nitrogens with zero attached hydrogens (tertiary/aromatic N) is 1. The quantitative estimate of drug-likeness (QED) is 0.856. The molecule has 0 unspecified atom stereocenters. The maximum atomic E-state index is 5.95. The Labute approximate surface area is 109 Å². The Hall–Kier alpha value is -1.55. The van der Waals surface area contributed by atoms with Crippen LogP contribution in [-0.2, 0) is 0 Å². The predicted molar refractivity (Wildman–Crippen MR) is 72.3 cm³/mol. The Bertz CT molecular complexity index is 555. The molecule has 17 heavy (non-hydrogen) atoms. The first-order valence-corrected chi connectivity index (χ1v) is 6.02. The van der Waals surface area contributed by atoms with Gasteiger partial charge in [0, 0.05) is 16.2 Å². The minimum atomic E-state index is 0.575. The first-order valence-electron chi connectivity index (χ1n) is 5.23. The van der Waals surface area contributed by atoms with E-state index in [0.717, 1.165) is 15.6 Å². The molecule has 4 heteroatoms. The number of pyridine rings is 1. The number of rotatable bonds is 2. The minimum Gasteiger partial charge on any atom is -0.437 e. The first-order chi connectivity index (χ1) is 8.08. The Morgan fingerprint density at radius 1 is 1.24 bits per heavy atom. The second-order valence-electron chi connectivity index (χ2n) is 3.86. The van der Waals surface area contributed by atoms with Crippen molar-refractivity contribution in [2.24, 2.45) is 0 Å². The fourth-order valence-electron chi connectivity index (χ4n) is 1.48. The number of anilines is 1. The van der Waals surface area contributed by atoms with Gasteiger partial charge in [-0.05, 0) is 47.5 Å². The second kappa shape index (κ2) is 4.75. The summed E-state index contributed by atoms with van der Waals surface area (Å²) in [4.78, 5) is 4.22. The van der Waals surface area contributed by atoms with Gasteiger partial charge in [-0.1, -0.05) is 12.1 Å². The molecule has 0 aliphatic heterocycles. The molecule has 0 radical (unpaired) electrons. The highest BCUT2D eigenvalue weighted by molar-refractivity contribution is 9.10. The van der Waals surface area contributed by atoms with Crippen molar-refractivity contribution >= 4 is 21.6 Å². The third-order valence-electron chi connectivity index (χ3n) is 2.49. The van der Waals surface area contributed by atoms with Crippen LogP contribution in [0.5, 0.6) is 11.6 Å². The summed E-state index contributed by atoms with van der Waals surface area (Å²) in [5.74, 6) is 1.22. The normalized spacial score (nSPS) is 10.3. The molecule has 1 aromatic heterocycles. The van der Waals surface area contributed by atoms with Gasteiger partial charge in [0.1, 0.15) is 0 Å². The monoisotopic (exact) mass is 292 g/mol. The molecule has 1 heterocycles. The van der Waals surface area contributed by atoms with Crippen LogP contribution in [0.1, 0.15) is 11.1 Å². The fourth-order valence-corrected chi connectivity index (χ4v) is 1.93. The summed E-state index contributed by atoms with van der Waals surface area (Å²) in [6.45, 7) is 3.89. The van der Waals surface area contributed by atoms with E-state index in [0.29, 0.717) is 17.3 Å². The number of hydrogen-bond donors (Lipinski definition) is 1. The number of ether oxygens (including phenoxy) is 1. The number of aromatic nitrogens is 1. The molecule has 0 aliphatic carbocycles. The lowest BCUT2D eigenvalue weighted by atomic mass is 10.2. The van der Waals surface area contributed by atoms with Crippen molar-refractivity contribution in [3.63, 3.8) is 0 Å². The smallest absolute Gasteiger partial charge is 0.222 e. The number of halogens is 1. The zero-order valence-electron chi connectivity index (χ0n) is 9.70. The average Bonchev–Trinajstić information content (AvgIpc) is 2.28. The lowest BCUT2D eigenvalue weighted by Crippen LogP contribution is -1.97. The summed E-state index contributed by atoms with van der Waals surface area (Å²) in [6.07, 6.45) is 1.70. The topological polar surface area (TPSA) is 48.1 Å². The molecule has 3 nitrogen and oxygen atoms in total. The van der Waals surface area contributed by atoms with E-state index in [-0.39, 0.29) is 0 Å². The molecule has 2 N–H and O–H groups in total. The molecule has 88 valence electrons. The van der Waals surface area contributed by atoms with Crippen molar-refractivity contribution in [2.45, 2.75) is 13.8 Å². The Morgan fingerprint density at radius 3 is 2.71 bits per heavy atom. The molecule has 2 rings (SSSR count). The zero-order chi connectivity index (χ0) is 12.4. The van der Waals surface area contributed by atoms with Crippen LogP contribution < -0.4 is 10.5 Å². The molecule has 0 spiro atoms. The molecule has 0 atom stereocenters. The number of hydrogen-bond acceptors (Lipinski definition) is 3. The molecular weight excluding hydrogens is 280 g/mol. The summed E-state index contributed by atoms with van der Waals surface area (Å²) in [5, 5.41) is 0. The SMILES string of the molecule is Cc1cc(Br)cnc1Oc1cccc(C)c1N. The van der Waals surface area contributed by atoms with Gasteiger partial charge in [0.2, 0.25) is 5.88 Å². The van der Waals surface area contributed by atoms with Gasteiger partial charge in [-0.25, -0.2) is 4.98 Å². The highest BCUT2D eigenvalue weighted by Crippen LogP contribution is 2.30. The highest BCUT2D eigenvalue weighted by atomic mass is 79.9. The number of aryl methyl sites for hydroxylation is 2. The van der Waals surface area contributed by atoms with Crippen LogP contribution in [0.3, 0.4) is 0 Å². The van der Waals surface area contributed by atoms with Crippen LogP contribution in [0.2, 0.25) is 0 Å². The maximum absolute atomic E-state index is 5.95. The summed E-state index contributed by atoms with van der Waals surface area (Å²) in [7, 11) is 0. The van der Waals surface area contributed by atoms with Gasteiger partial charge >= 0.3 is 0 Å². The van der Waals surface area contributed by atoms with E-state index in [1.165, 1.54) is 0 Å². The average molecular weight is 293 g/mol. The zero-order valence-corrected chi connectivity index (χ0v) is 11.3. The van der Waals surface area contributed by atoms with Crippen LogP contribution in [0, 0.1) is 13.8 Å². The lowest BCUT2D eigenvalue weighted by molar-refractivity contribution is 0.460. The van der Waals surface area contributed by atoms with Gasteiger partial charge in [0.15, 0.2) is 5.75 Å². The van der Waals surface area contributed by atoms with E-state index in [1.54, 1.807) is 6.20 Å². The van der Waals surface area contributed by atoms with Crippen molar-refractivity contribution in [1.82, 2.24) is 4.98 Å². The van der Waals surface area contributed by atoms with Crippen LogP contribution in [0.15, 0.2) is 34.9 Å². The van der Waals surface area contributed by atoms with Crippen LogP contribution in [0.4, 0.5) is 5.69 Å². The van der Waals surface area contributed by atoms with Gasteiger partial charge in [-0.15, -0.1) is 0 Å². The van der Waals surface area contributed by atoms with Gasteiger partial charge < -0.3 is 10.5 Å². The van der Waals surface area contributed by atoms with E-state index in [9.17, 15) is 0 Å². The lowest BCUT2D eigenvalue weighted by Gasteiger charge is -2.11. The van der Waals surface area contributed by atoms with Gasteiger partial charge in [0.05, 0.1) is 5.69 Å². The summed E-state index contributed by atoms with van der Waals surface area (Å²) < 4.78 is 6.65. The maximum Gasteiger partial charge on any atom is 0.222 e. The van der Waals surface area contributed by atoms with Crippen molar-refractivity contribution in [2.75, 3.05) is 5.73 Å². The number of para-hydroxylation sites is 1. The number of benzene rings is 1. The molecule has 0 bridgehead atoms. The van der Waals surface area contributed by atoms with Crippen LogP contribution >= 0.6 is 15.9 Å². The van der Waals surface area contributed by atoms with E-state index in [2.05, 4.69) is 20.9 Å². The standard InChI is InChI=1S/C13H13BrN2O/c1-8-4-3-5-11(12(8)15)17-13-9(2)6-10(14)7-16-13/h3-7H,15H2,1-2H3. The summed E-state index contributed by atoms with van der Waals surface area (Å²) >= 11 is 3.37. The van der Waals surface area contributed by atoms with Gasteiger partial charge in [0.25, 0.3) is 0 Å².